The molecule has 1 saturated heterocycles. The lowest BCUT2D eigenvalue weighted by Gasteiger charge is -2.26. The lowest BCUT2D eigenvalue weighted by atomic mass is 10.1. The summed E-state index contributed by atoms with van der Waals surface area (Å²) in [7, 11) is 0. The maximum Gasteiger partial charge on any atom is 0.416 e. The summed E-state index contributed by atoms with van der Waals surface area (Å²) in [6.45, 7) is 1.21. The minimum absolute atomic E-state index is 0.0313. The molecule has 4 aromatic rings. The van der Waals surface area contributed by atoms with Crippen molar-refractivity contribution in [3.8, 4) is 28.1 Å². The van der Waals surface area contributed by atoms with Crippen molar-refractivity contribution >= 4 is 40.4 Å². The first-order valence-corrected chi connectivity index (χ1v) is 15.7. The van der Waals surface area contributed by atoms with Crippen LogP contribution in [0.25, 0.3) is 16.3 Å². The molecule has 10 nitrogen and oxygen atoms in total. The van der Waals surface area contributed by atoms with Gasteiger partial charge in [0, 0.05) is 35.8 Å². The average molecular weight is 705 g/mol. The van der Waals surface area contributed by atoms with Gasteiger partial charge in [-0.25, -0.2) is 9.69 Å². The number of benzene rings is 2. The smallest absolute Gasteiger partial charge is 0.380 e. The third-order valence-corrected chi connectivity index (χ3v) is 8.59. The highest BCUT2D eigenvalue weighted by atomic mass is 35.5. The van der Waals surface area contributed by atoms with Gasteiger partial charge >= 0.3 is 6.18 Å². The molecule has 0 radical (unpaired) electrons. The number of piperidine rings is 1. The number of carbonyl (C=O) groups excluding carboxylic acids is 1. The van der Waals surface area contributed by atoms with Crippen molar-refractivity contribution in [3.05, 3.63) is 114 Å². The summed E-state index contributed by atoms with van der Waals surface area (Å²) < 4.78 is 40.4. The Hall–Kier alpha value is -4.55. The molecular weight excluding hydrogens is 678 g/mol. The Morgan fingerprint density at radius 2 is 1.81 bits per heavy atom. The monoisotopic (exact) mass is 703 g/mol. The van der Waals surface area contributed by atoms with Crippen LogP contribution in [0.5, 0.6) is 0 Å². The zero-order valence-electron chi connectivity index (χ0n) is 24.4. The average Bonchev–Trinajstić information content (AvgIpc) is 3.63. The standard InChI is InChI=1S/C31H26Cl2F3N7O3S/c32-21-9-12-25(24(33)16-21)43-29(26-13-11-22(47-26)10-6-19-4-7-20(8-5-19)31(34,35)36)23(17-38-27(37)18-42(45)46)28(39-43)30(44)40-41-14-2-1-3-15-41/h4-5,7-9,11-13,16,18,38H,1-3,14-15,17,37H2,(H,40,44)/b27-18-. The van der Waals surface area contributed by atoms with Gasteiger partial charge < -0.3 is 11.1 Å². The van der Waals surface area contributed by atoms with E-state index >= 15 is 0 Å². The largest absolute Gasteiger partial charge is 0.416 e. The molecule has 0 saturated carbocycles. The Kier molecular flexibility index (Phi) is 10.4. The van der Waals surface area contributed by atoms with Crippen LogP contribution in [0.3, 0.4) is 0 Å². The van der Waals surface area contributed by atoms with E-state index in [1.54, 1.807) is 24.3 Å². The fourth-order valence-corrected chi connectivity index (χ4v) is 6.25. The molecule has 47 heavy (non-hydrogen) atoms. The van der Waals surface area contributed by atoms with Gasteiger partial charge in [0.15, 0.2) is 11.5 Å². The molecular formula is C31H26Cl2F3N7O3S. The third-order valence-electron chi connectivity index (χ3n) is 7.05. The highest BCUT2D eigenvalue weighted by Gasteiger charge is 2.30. The number of nitro groups is 1. The number of alkyl halides is 3. The highest BCUT2D eigenvalue weighted by Crippen LogP contribution is 2.37. The van der Waals surface area contributed by atoms with Crippen LogP contribution in [-0.4, -0.2) is 38.7 Å². The van der Waals surface area contributed by atoms with Crippen LogP contribution in [0.1, 0.15) is 51.3 Å². The van der Waals surface area contributed by atoms with Gasteiger partial charge in [-0.1, -0.05) is 41.5 Å². The van der Waals surface area contributed by atoms with E-state index in [4.69, 9.17) is 28.9 Å². The summed E-state index contributed by atoms with van der Waals surface area (Å²) in [6.07, 6.45) is -0.955. The summed E-state index contributed by atoms with van der Waals surface area (Å²) in [5.41, 5.74) is 9.61. The molecule has 2 aromatic heterocycles. The van der Waals surface area contributed by atoms with Crippen molar-refractivity contribution in [2.45, 2.75) is 32.0 Å². The number of aromatic nitrogens is 2. The summed E-state index contributed by atoms with van der Waals surface area (Å²) in [5.74, 6) is 5.11. The maximum absolute atomic E-state index is 13.7. The summed E-state index contributed by atoms with van der Waals surface area (Å²) >= 11 is 14.0. The Balaban J connectivity index is 1.60. The van der Waals surface area contributed by atoms with Gasteiger partial charge in [-0.05, 0) is 67.4 Å². The number of hydrogen-bond donors (Lipinski definition) is 3. The molecule has 3 heterocycles. The van der Waals surface area contributed by atoms with Gasteiger partial charge in [0.1, 0.15) is 0 Å². The summed E-state index contributed by atoms with van der Waals surface area (Å²) in [6, 6.07) is 12.8. The Labute approximate surface area is 281 Å². The normalized spacial score (nSPS) is 13.9. The fraction of sp³-hybridized carbons (Fsp3) is 0.226. The number of nitrogens with two attached hydrogens (primary N) is 1. The van der Waals surface area contributed by atoms with E-state index in [-0.39, 0.29) is 23.1 Å². The molecule has 1 aliphatic heterocycles. The lowest BCUT2D eigenvalue weighted by Crippen LogP contribution is -2.45. The van der Waals surface area contributed by atoms with Crippen molar-refractivity contribution in [1.29, 1.82) is 0 Å². The van der Waals surface area contributed by atoms with Crippen molar-refractivity contribution in [1.82, 2.24) is 25.5 Å². The topological polar surface area (TPSA) is 131 Å². The second kappa shape index (κ2) is 14.5. The number of nitrogens with one attached hydrogen (secondary N) is 2. The van der Waals surface area contributed by atoms with Gasteiger partial charge in [-0.15, -0.1) is 11.3 Å². The van der Waals surface area contributed by atoms with Gasteiger partial charge in [0.05, 0.1) is 36.6 Å². The molecule has 1 fully saturated rings. The van der Waals surface area contributed by atoms with Gasteiger partial charge in [-0.2, -0.15) is 18.3 Å². The molecule has 0 aliphatic carbocycles. The van der Waals surface area contributed by atoms with Crippen LogP contribution in [0, 0.1) is 22.0 Å². The third kappa shape index (κ3) is 8.44. The Morgan fingerprint density at radius 3 is 2.47 bits per heavy atom. The second-order valence-corrected chi connectivity index (χ2v) is 12.3. The molecule has 0 atom stereocenters. The molecule has 0 unspecified atom stereocenters. The van der Waals surface area contributed by atoms with Crippen LogP contribution >= 0.6 is 34.5 Å². The summed E-state index contributed by atoms with van der Waals surface area (Å²) in [4.78, 5) is 25.2. The van der Waals surface area contributed by atoms with Crippen molar-refractivity contribution in [3.63, 3.8) is 0 Å². The first kappa shape index (κ1) is 33.8. The van der Waals surface area contributed by atoms with Crippen LogP contribution in [0.4, 0.5) is 13.2 Å². The van der Waals surface area contributed by atoms with E-state index in [1.165, 1.54) is 34.2 Å². The van der Waals surface area contributed by atoms with E-state index < -0.39 is 22.6 Å². The number of hydrazine groups is 1. The van der Waals surface area contributed by atoms with Crippen molar-refractivity contribution < 1.29 is 22.9 Å². The number of halogens is 5. The number of rotatable bonds is 8. The van der Waals surface area contributed by atoms with E-state index in [2.05, 4.69) is 27.7 Å². The van der Waals surface area contributed by atoms with E-state index in [1.807, 2.05) is 5.01 Å². The maximum atomic E-state index is 13.7. The van der Waals surface area contributed by atoms with Gasteiger partial charge in [-0.3, -0.25) is 20.3 Å². The predicted molar refractivity (Wildman–Crippen MR) is 173 cm³/mol. The molecule has 2 aromatic carbocycles. The van der Waals surface area contributed by atoms with Gasteiger partial charge in [0.25, 0.3) is 12.1 Å². The number of thiophene rings is 1. The Morgan fingerprint density at radius 1 is 1.09 bits per heavy atom. The lowest BCUT2D eigenvalue weighted by molar-refractivity contribution is -0.403. The molecule has 1 aliphatic rings. The SMILES string of the molecule is N/C(=C/[N+](=O)[O-])NCc1c(C(=O)NN2CCCCC2)nn(-c2ccc(Cl)cc2Cl)c1-c1ccc(C#Cc2ccc(C(F)(F)F)cc2)s1. The van der Waals surface area contributed by atoms with E-state index in [0.717, 1.165) is 31.4 Å². The van der Waals surface area contributed by atoms with Gasteiger partial charge in [0.2, 0.25) is 0 Å². The van der Waals surface area contributed by atoms with Crippen LogP contribution in [0.15, 0.2) is 66.6 Å². The minimum atomic E-state index is -4.45. The second-order valence-electron chi connectivity index (χ2n) is 10.4. The van der Waals surface area contributed by atoms with Crippen LogP contribution in [-0.2, 0) is 12.7 Å². The summed E-state index contributed by atoms with van der Waals surface area (Å²) in [5, 5.41) is 20.9. The zero-order valence-corrected chi connectivity index (χ0v) is 26.7. The van der Waals surface area contributed by atoms with Crippen molar-refractivity contribution in [2.75, 3.05) is 13.1 Å². The number of hydrogen-bond acceptors (Lipinski definition) is 8. The van der Waals surface area contributed by atoms with Crippen LogP contribution in [0.2, 0.25) is 10.0 Å². The molecule has 5 rings (SSSR count). The van der Waals surface area contributed by atoms with E-state index in [0.29, 0.717) is 56.6 Å². The first-order valence-electron chi connectivity index (χ1n) is 14.2. The Bertz CT molecular complexity index is 1890. The fourth-order valence-electron chi connectivity index (χ4n) is 4.84. The first-order chi connectivity index (χ1) is 22.4. The molecule has 1 amide bonds. The molecule has 4 N–H and O–H groups in total. The molecule has 244 valence electrons. The van der Waals surface area contributed by atoms with Crippen molar-refractivity contribution in [2.24, 2.45) is 5.73 Å². The number of carbonyl (C=O) groups is 1. The number of nitrogens with zero attached hydrogens (tertiary/aromatic N) is 4. The predicted octanol–water partition coefficient (Wildman–Crippen LogP) is 6.58. The van der Waals surface area contributed by atoms with Crippen LogP contribution < -0.4 is 16.5 Å². The number of amides is 1. The highest BCUT2D eigenvalue weighted by molar-refractivity contribution is 7.16. The quantitative estimate of drug-likeness (QED) is 0.107. The zero-order chi connectivity index (χ0) is 33.7. The molecule has 0 bridgehead atoms. The van der Waals surface area contributed by atoms with E-state index in [9.17, 15) is 28.1 Å². The molecule has 0 spiro atoms. The minimum Gasteiger partial charge on any atom is -0.380 e. The molecule has 16 heteroatoms.